The molecule has 1 saturated carbocycles. The van der Waals surface area contributed by atoms with Crippen molar-refractivity contribution >= 4 is 0 Å². The van der Waals surface area contributed by atoms with E-state index in [0.29, 0.717) is 17.6 Å². The lowest BCUT2D eigenvalue weighted by molar-refractivity contribution is 0.000948. The summed E-state index contributed by atoms with van der Waals surface area (Å²) in [7, 11) is 0. The standard InChI is InChI=1S/C22H34O2/c1-5-8-9-10-15-13-18(23)20-17(7-3)21-16(6-2)11-12-22(21,4)24-19(20)14-15/h13-14,16-17,21,23H,5-12H2,1-4H3. The fourth-order valence-corrected chi connectivity index (χ4v) is 5.38. The first-order valence-corrected chi connectivity index (χ1v) is 10.1. The van der Waals surface area contributed by atoms with Crippen molar-refractivity contribution in [1.82, 2.24) is 0 Å². The molecular formula is C22H34O2. The van der Waals surface area contributed by atoms with Gasteiger partial charge in [0.1, 0.15) is 17.1 Å². The van der Waals surface area contributed by atoms with Crippen LogP contribution < -0.4 is 4.74 Å². The van der Waals surface area contributed by atoms with E-state index in [1.807, 2.05) is 6.07 Å². The van der Waals surface area contributed by atoms with E-state index in [0.717, 1.165) is 36.5 Å². The molecule has 24 heavy (non-hydrogen) atoms. The fraction of sp³-hybridized carbons (Fsp3) is 0.727. The number of fused-ring (bicyclic) bond motifs is 2. The third kappa shape index (κ3) is 2.93. The lowest BCUT2D eigenvalue weighted by Gasteiger charge is -2.45. The second kappa shape index (κ2) is 6.98. The lowest BCUT2D eigenvalue weighted by atomic mass is 9.69. The molecule has 0 saturated heterocycles. The number of aryl methyl sites for hydroxylation is 1. The Balaban J connectivity index is 1.96. The summed E-state index contributed by atoms with van der Waals surface area (Å²) in [4.78, 5) is 0. The highest BCUT2D eigenvalue weighted by Gasteiger charge is 2.53. The summed E-state index contributed by atoms with van der Waals surface area (Å²) in [5.74, 6) is 3.11. The van der Waals surface area contributed by atoms with E-state index >= 15 is 0 Å². The number of phenols is 1. The van der Waals surface area contributed by atoms with Gasteiger partial charge < -0.3 is 9.84 Å². The van der Waals surface area contributed by atoms with Crippen LogP contribution in [-0.4, -0.2) is 10.7 Å². The first-order chi connectivity index (χ1) is 11.5. The Morgan fingerprint density at radius 1 is 1.17 bits per heavy atom. The minimum absolute atomic E-state index is 0.0527. The molecule has 0 aromatic heterocycles. The Morgan fingerprint density at radius 3 is 2.62 bits per heavy atom. The Labute approximate surface area is 147 Å². The average Bonchev–Trinajstić information content (AvgIpc) is 2.89. The van der Waals surface area contributed by atoms with Crippen LogP contribution in [0.2, 0.25) is 0 Å². The molecule has 2 heteroatoms. The maximum absolute atomic E-state index is 10.8. The smallest absolute Gasteiger partial charge is 0.127 e. The summed E-state index contributed by atoms with van der Waals surface area (Å²) in [5.41, 5.74) is 2.25. The summed E-state index contributed by atoms with van der Waals surface area (Å²) in [6.45, 7) is 9.10. The van der Waals surface area contributed by atoms with Gasteiger partial charge in [-0.15, -0.1) is 0 Å². The number of phenolic OH excluding ortho intramolecular Hbond substituents is 1. The molecule has 2 nitrogen and oxygen atoms in total. The molecule has 134 valence electrons. The molecule has 0 amide bonds. The Kier molecular flexibility index (Phi) is 5.13. The summed E-state index contributed by atoms with van der Waals surface area (Å²) < 4.78 is 6.58. The van der Waals surface area contributed by atoms with Gasteiger partial charge in [-0.25, -0.2) is 0 Å². The molecule has 3 rings (SSSR count). The van der Waals surface area contributed by atoms with E-state index in [2.05, 4.69) is 33.8 Å². The highest BCUT2D eigenvalue weighted by Crippen LogP contribution is 2.58. The molecule has 1 aliphatic heterocycles. The van der Waals surface area contributed by atoms with Crippen LogP contribution in [0.1, 0.15) is 89.7 Å². The van der Waals surface area contributed by atoms with Crippen molar-refractivity contribution in [3.63, 3.8) is 0 Å². The van der Waals surface area contributed by atoms with Crippen molar-refractivity contribution in [2.24, 2.45) is 11.8 Å². The molecule has 1 fully saturated rings. The van der Waals surface area contributed by atoms with E-state index < -0.39 is 0 Å². The molecule has 2 aliphatic rings. The summed E-state index contributed by atoms with van der Waals surface area (Å²) in [5, 5.41) is 10.8. The van der Waals surface area contributed by atoms with Crippen molar-refractivity contribution in [2.45, 2.75) is 90.6 Å². The van der Waals surface area contributed by atoms with Crippen LogP contribution in [0.4, 0.5) is 0 Å². The maximum atomic E-state index is 10.8. The molecule has 1 aliphatic carbocycles. The normalized spacial score (nSPS) is 31.4. The topological polar surface area (TPSA) is 29.5 Å². The highest BCUT2D eigenvalue weighted by molar-refractivity contribution is 5.52. The minimum atomic E-state index is -0.0527. The number of hydrogen-bond donors (Lipinski definition) is 1. The fourth-order valence-electron chi connectivity index (χ4n) is 5.38. The first-order valence-electron chi connectivity index (χ1n) is 10.1. The minimum Gasteiger partial charge on any atom is -0.508 e. The molecule has 0 spiro atoms. The van der Waals surface area contributed by atoms with E-state index in [1.165, 1.54) is 37.7 Å². The SMILES string of the molecule is CCCCCc1cc(O)c2c(c1)OC1(C)CCC(CC)C1C2CC. The van der Waals surface area contributed by atoms with E-state index in [1.54, 1.807) is 0 Å². The van der Waals surface area contributed by atoms with Crippen LogP contribution in [0.5, 0.6) is 11.5 Å². The van der Waals surface area contributed by atoms with Crippen LogP contribution in [0.3, 0.4) is 0 Å². The van der Waals surface area contributed by atoms with Gasteiger partial charge in [0, 0.05) is 11.5 Å². The van der Waals surface area contributed by atoms with E-state index in [4.69, 9.17) is 4.74 Å². The molecule has 1 aromatic rings. The van der Waals surface area contributed by atoms with Gasteiger partial charge in [0.25, 0.3) is 0 Å². The average molecular weight is 331 g/mol. The molecule has 4 unspecified atom stereocenters. The zero-order valence-corrected chi connectivity index (χ0v) is 15.9. The second-order valence-corrected chi connectivity index (χ2v) is 8.15. The van der Waals surface area contributed by atoms with E-state index in [-0.39, 0.29) is 5.60 Å². The Bertz CT molecular complexity index is 580. The third-order valence-electron chi connectivity index (χ3n) is 6.59. The zero-order valence-electron chi connectivity index (χ0n) is 15.9. The quantitative estimate of drug-likeness (QED) is 0.629. The molecule has 0 bridgehead atoms. The van der Waals surface area contributed by atoms with Gasteiger partial charge in [0.2, 0.25) is 0 Å². The predicted molar refractivity (Wildman–Crippen MR) is 99.9 cm³/mol. The Hall–Kier alpha value is -1.18. The molecule has 1 N–H and O–H groups in total. The third-order valence-corrected chi connectivity index (χ3v) is 6.59. The van der Waals surface area contributed by atoms with Gasteiger partial charge in [-0.3, -0.25) is 0 Å². The number of benzene rings is 1. The van der Waals surface area contributed by atoms with Crippen LogP contribution in [0, 0.1) is 11.8 Å². The van der Waals surface area contributed by atoms with E-state index in [9.17, 15) is 5.11 Å². The summed E-state index contributed by atoms with van der Waals surface area (Å²) in [6.07, 6.45) is 9.38. The highest BCUT2D eigenvalue weighted by atomic mass is 16.5. The Morgan fingerprint density at radius 2 is 1.96 bits per heavy atom. The monoisotopic (exact) mass is 330 g/mol. The van der Waals surface area contributed by atoms with Gasteiger partial charge in [-0.05, 0) is 68.6 Å². The zero-order chi connectivity index (χ0) is 17.3. The number of aromatic hydroxyl groups is 1. The first kappa shape index (κ1) is 17.6. The van der Waals surface area contributed by atoms with Gasteiger partial charge >= 0.3 is 0 Å². The number of hydrogen-bond acceptors (Lipinski definition) is 2. The van der Waals surface area contributed by atoms with Gasteiger partial charge in [-0.1, -0.05) is 40.0 Å². The van der Waals surface area contributed by atoms with Crippen LogP contribution in [-0.2, 0) is 6.42 Å². The molecule has 1 heterocycles. The summed E-state index contributed by atoms with van der Waals surface area (Å²) >= 11 is 0. The maximum Gasteiger partial charge on any atom is 0.127 e. The lowest BCUT2D eigenvalue weighted by Crippen LogP contribution is -2.45. The molecule has 0 radical (unpaired) electrons. The van der Waals surface area contributed by atoms with Crippen molar-refractivity contribution in [3.8, 4) is 11.5 Å². The van der Waals surface area contributed by atoms with Gasteiger partial charge in [0.15, 0.2) is 0 Å². The van der Waals surface area contributed by atoms with Crippen LogP contribution >= 0.6 is 0 Å². The molecule has 1 aromatic carbocycles. The predicted octanol–water partition coefficient (Wildman–Crippen LogP) is 6.21. The van der Waals surface area contributed by atoms with Crippen molar-refractivity contribution < 1.29 is 9.84 Å². The van der Waals surface area contributed by atoms with Gasteiger partial charge in [-0.2, -0.15) is 0 Å². The van der Waals surface area contributed by atoms with Gasteiger partial charge in [0.05, 0.1) is 0 Å². The number of unbranched alkanes of at least 4 members (excludes halogenated alkanes) is 2. The summed E-state index contributed by atoms with van der Waals surface area (Å²) in [6, 6.07) is 4.22. The van der Waals surface area contributed by atoms with Crippen molar-refractivity contribution in [2.75, 3.05) is 0 Å². The second-order valence-electron chi connectivity index (χ2n) is 8.15. The molecular weight excluding hydrogens is 296 g/mol. The number of ether oxygens (including phenoxy) is 1. The van der Waals surface area contributed by atoms with Crippen LogP contribution in [0.25, 0.3) is 0 Å². The molecule has 4 atom stereocenters. The van der Waals surface area contributed by atoms with Crippen molar-refractivity contribution in [1.29, 1.82) is 0 Å². The number of rotatable bonds is 6. The van der Waals surface area contributed by atoms with Crippen LogP contribution in [0.15, 0.2) is 12.1 Å². The van der Waals surface area contributed by atoms with Crippen molar-refractivity contribution in [3.05, 3.63) is 23.3 Å². The largest absolute Gasteiger partial charge is 0.508 e.